The molecule has 0 saturated carbocycles. The van der Waals surface area contributed by atoms with E-state index in [1.807, 2.05) is 138 Å². The van der Waals surface area contributed by atoms with Gasteiger partial charge in [0.05, 0.1) is 14.1 Å². The molecule has 0 amide bonds. The largest absolute Gasteiger partial charge is 0.368 e. The molecular formula is C125H169N5Si5. The second-order valence-electron chi connectivity index (χ2n) is 37.2. The predicted octanol–water partition coefficient (Wildman–Crippen LogP) is 31.6. The minimum absolute atomic E-state index is 0.0600. The van der Waals surface area contributed by atoms with Crippen LogP contribution < -0.4 is 71.2 Å². The van der Waals surface area contributed by atoms with Gasteiger partial charge in [-0.1, -0.05) is 486 Å². The van der Waals surface area contributed by atoms with Gasteiger partial charge in [-0.2, -0.15) is 0 Å². The Hall–Kier alpha value is -10.6. The summed E-state index contributed by atoms with van der Waals surface area (Å²) in [5, 5.41) is 22.2. The minimum Gasteiger partial charge on any atom is -0.368 e. The predicted molar refractivity (Wildman–Crippen MR) is 630 cm³/mol. The highest BCUT2D eigenvalue weighted by Gasteiger charge is 2.48. The number of likely N-dealkylation sites (N-methyl/N-ethyl adjacent to an activating group) is 1. The van der Waals surface area contributed by atoms with E-state index in [4.69, 9.17) is 0 Å². The third-order valence-electron chi connectivity index (χ3n) is 28.4. The first-order valence-corrected chi connectivity index (χ1v) is 66.6. The highest BCUT2D eigenvalue weighted by Crippen LogP contribution is 2.53. The van der Waals surface area contributed by atoms with E-state index >= 15 is 0 Å². The lowest BCUT2D eigenvalue weighted by atomic mass is 9.82. The summed E-state index contributed by atoms with van der Waals surface area (Å²) in [7, 11) is 2.81. The zero-order chi connectivity index (χ0) is 100. The van der Waals surface area contributed by atoms with E-state index in [-0.39, 0.29) is 10.8 Å². The van der Waals surface area contributed by atoms with E-state index in [1.165, 1.54) is 138 Å². The summed E-state index contributed by atoms with van der Waals surface area (Å²) in [5.74, 6) is 0. The van der Waals surface area contributed by atoms with E-state index in [9.17, 15) is 0 Å². The zero-order valence-electron chi connectivity index (χ0n) is 90.8. The maximum Gasteiger partial charge on any atom is 0.118 e. The van der Waals surface area contributed by atoms with Crippen LogP contribution in [0.1, 0.15) is 188 Å². The van der Waals surface area contributed by atoms with Gasteiger partial charge in [-0.25, -0.2) is 0 Å². The Morgan fingerprint density at radius 3 is 1.05 bits per heavy atom. The summed E-state index contributed by atoms with van der Waals surface area (Å²) in [6, 6.07) is 104. The van der Waals surface area contributed by atoms with Gasteiger partial charge in [0.15, 0.2) is 0 Å². The van der Waals surface area contributed by atoms with Crippen molar-refractivity contribution >= 4 is 171 Å². The highest BCUT2D eigenvalue weighted by atomic mass is 28.3. The fourth-order valence-corrected chi connectivity index (χ4v) is 37.9. The standard InChI is InChI=1S/2C24H25NSi.C19H21NSi.2C19H19NSi.10C2H6/c1-24(2)18-11-7-6-10-16(18)17-14-23-21(15-19(17)24)25(3)20-12-8-9-13-22(20)26(23,4)5;1-24(2)18-11-7-6-10-16(18)17-14-21-23(15-19(17)24)26(4,5)22-13-9-8-12-20(22)25(21)3;1-20-16-10-6-7-11-18(16)21(2,3)19-13-15-9-5-4-8-14(15)12-17(19)20;1-20-16-10-6-7-11-18(16)21(2,3)19-15-9-5-4-8-14(15)12-13-17(19)20;1-20-16-10-6-7-11-17(16)21(2,3)18-13-12-14-8-4-5-9-15(14)19(18)20;10*1-2/h2*6-15H,1-5H3;4-13,16,18H,1-3H3;2*4-13H,1-3H3;10*1-2H3. The molecule has 14 aromatic carbocycles. The van der Waals surface area contributed by atoms with Gasteiger partial charge in [0.25, 0.3) is 0 Å². The van der Waals surface area contributed by atoms with Gasteiger partial charge in [0.2, 0.25) is 0 Å². The van der Waals surface area contributed by atoms with Crippen LogP contribution in [0.2, 0.25) is 71.0 Å². The van der Waals surface area contributed by atoms with Gasteiger partial charge in [-0.15, -0.1) is 0 Å². The van der Waals surface area contributed by atoms with Gasteiger partial charge in [-0.3, -0.25) is 0 Å². The molecule has 0 bridgehead atoms. The van der Waals surface area contributed by atoms with E-state index in [0.29, 0.717) is 11.6 Å². The molecule has 0 spiro atoms. The normalized spacial score (nSPS) is 16.2. The molecule has 8 aliphatic rings. The van der Waals surface area contributed by atoms with Gasteiger partial charge < -0.3 is 24.5 Å². The minimum atomic E-state index is -1.73. The third kappa shape index (κ3) is 20.0. The van der Waals surface area contributed by atoms with Crippen LogP contribution in [-0.2, 0) is 10.8 Å². The Labute approximate surface area is 826 Å². The second kappa shape index (κ2) is 47.0. The van der Waals surface area contributed by atoms with E-state index in [0.717, 1.165) is 0 Å². The molecular weight excluding hydrogens is 1710 g/mol. The smallest absolute Gasteiger partial charge is 0.118 e. The maximum atomic E-state index is 2.54. The average Bonchev–Trinajstić information content (AvgIpc) is 1.55. The molecule has 22 rings (SSSR count). The summed E-state index contributed by atoms with van der Waals surface area (Å²) in [6.45, 7) is 74.4. The van der Waals surface area contributed by atoms with Crippen molar-refractivity contribution in [3.8, 4) is 22.3 Å². The number of anilines is 9. The monoisotopic (exact) mass is 1880 g/mol. The molecule has 10 heteroatoms. The summed E-state index contributed by atoms with van der Waals surface area (Å²) >= 11 is 0. The number of rotatable bonds is 0. The second-order valence-corrected chi connectivity index (χ2v) is 59.1. The molecule has 5 nitrogen and oxygen atoms in total. The van der Waals surface area contributed by atoms with Crippen LogP contribution >= 0.6 is 0 Å². The Bertz CT molecular complexity index is 6380. The molecule has 2 atom stereocenters. The third-order valence-corrected chi connectivity index (χ3v) is 46.4. The van der Waals surface area contributed by atoms with Crippen molar-refractivity contribution in [2.24, 2.45) is 0 Å². The van der Waals surface area contributed by atoms with Gasteiger partial charge in [0.1, 0.15) is 32.3 Å². The van der Waals surface area contributed by atoms with Crippen molar-refractivity contribution < 1.29 is 0 Å². The van der Waals surface area contributed by atoms with Crippen LogP contribution in [0.3, 0.4) is 0 Å². The van der Waals surface area contributed by atoms with Crippen molar-refractivity contribution in [3.63, 3.8) is 0 Å². The topological polar surface area (TPSA) is 16.2 Å². The molecule has 0 fully saturated rings. The number of hydrogen-bond acceptors (Lipinski definition) is 5. The number of hydrogen-bond donors (Lipinski definition) is 0. The summed E-state index contributed by atoms with van der Waals surface area (Å²) in [6.07, 6.45) is 9.24. The molecule has 2 unspecified atom stereocenters. The van der Waals surface area contributed by atoms with Crippen LogP contribution in [-0.4, -0.2) is 81.6 Å². The molecule has 3 aliphatic carbocycles. The zero-order valence-corrected chi connectivity index (χ0v) is 95.8. The Morgan fingerprint density at radius 2 is 0.570 bits per heavy atom. The van der Waals surface area contributed by atoms with E-state index in [1.54, 1.807) is 36.3 Å². The van der Waals surface area contributed by atoms with Gasteiger partial charge in [0, 0.05) is 108 Å². The van der Waals surface area contributed by atoms with Crippen LogP contribution in [0.15, 0.2) is 303 Å². The van der Waals surface area contributed by atoms with Gasteiger partial charge in [-0.05, 0) is 167 Å². The number of fused-ring (bicyclic) bond motifs is 21. The lowest BCUT2D eigenvalue weighted by Crippen LogP contribution is -2.59. The first kappa shape index (κ1) is 110. The first-order valence-electron chi connectivity index (χ1n) is 51.5. The Morgan fingerprint density at radius 1 is 0.230 bits per heavy atom. The van der Waals surface area contributed by atoms with E-state index < -0.39 is 40.4 Å². The lowest BCUT2D eigenvalue weighted by molar-refractivity contribution is 0.660. The summed E-state index contributed by atoms with van der Waals surface area (Å²) in [5.41, 5.74) is 24.9. The van der Waals surface area contributed by atoms with Crippen molar-refractivity contribution in [3.05, 3.63) is 326 Å². The number of allylic oxidation sites excluding steroid dienone is 2. The molecule has 14 aromatic rings. The maximum absolute atomic E-state index is 2.54. The van der Waals surface area contributed by atoms with Crippen LogP contribution in [0.4, 0.5) is 51.2 Å². The molecule has 714 valence electrons. The first-order chi connectivity index (χ1) is 65.0. The SMILES string of the molecule is CC.CC.CC.CC.CC.CC.CC.CC.CC.CC.CN1c2cc3ccccc3cc2[Si](C)(C)C2C=CC=CC21.CN1c2ccccc2[Si](C)(C)c2c1ccc1ccccc21.CN1c2ccccc2[Si](C)(C)c2cc3c(cc21)-c1ccccc1C3(C)C.CN1c2ccccc2[Si](C)(C)c2cc3c(cc21)C(C)(C)c1ccccc1-3.CN1c2ccccc2[Si](C)(C)c2ccc3ccccc3c21. The number of para-hydroxylation sites is 4. The van der Waals surface area contributed by atoms with Gasteiger partial charge >= 0.3 is 0 Å². The Balaban J connectivity index is 0.000000198. The Kier molecular flexibility index (Phi) is 38.2. The molecule has 5 aliphatic heterocycles. The number of benzene rings is 14. The molecule has 135 heavy (non-hydrogen) atoms. The number of nitrogens with zero attached hydrogens (tertiary/aromatic N) is 5. The molecule has 0 aromatic heterocycles. The average molecular weight is 1880 g/mol. The highest BCUT2D eigenvalue weighted by molar-refractivity contribution is 7.05. The van der Waals surface area contributed by atoms with Crippen molar-refractivity contribution in [2.45, 2.75) is 254 Å². The fraction of sp³-hybridized carbons (Fsp3) is 0.344. The van der Waals surface area contributed by atoms with Crippen molar-refractivity contribution in [1.82, 2.24) is 0 Å². The molecule has 0 saturated heterocycles. The van der Waals surface area contributed by atoms with Crippen molar-refractivity contribution in [1.29, 1.82) is 0 Å². The molecule has 0 N–H and O–H groups in total. The molecule has 0 radical (unpaired) electrons. The van der Waals surface area contributed by atoms with Crippen LogP contribution in [0.5, 0.6) is 0 Å². The summed E-state index contributed by atoms with van der Waals surface area (Å²) in [4.78, 5) is 12.0. The lowest BCUT2D eigenvalue weighted by Gasteiger charge is -2.48. The van der Waals surface area contributed by atoms with Crippen LogP contribution in [0, 0.1) is 0 Å². The fourth-order valence-electron chi connectivity index (χ4n) is 21.6. The quantitative estimate of drug-likeness (QED) is 0.140. The molecule has 5 heterocycles. The van der Waals surface area contributed by atoms with Crippen molar-refractivity contribution in [2.75, 3.05) is 59.7 Å². The van der Waals surface area contributed by atoms with Crippen LogP contribution in [0.25, 0.3) is 54.6 Å². The van der Waals surface area contributed by atoms with E-state index in [2.05, 4.69) is 456 Å². The summed E-state index contributed by atoms with van der Waals surface area (Å²) < 4.78 is 0.